The van der Waals surface area contributed by atoms with Gasteiger partial charge in [0.25, 0.3) is 0 Å². The van der Waals surface area contributed by atoms with Crippen molar-refractivity contribution < 1.29 is 13.2 Å². The molecule has 1 aromatic rings. The largest absolute Gasteiger partial charge is 0.356 e. The summed E-state index contributed by atoms with van der Waals surface area (Å²) in [5, 5.41) is 2.67. The molecule has 2 N–H and O–H groups in total. The predicted molar refractivity (Wildman–Crippen MR) is 79.7 cm³/mol. The first-order valence-corrected chi connectivity index (χ1v) is 8.31. The van der Waals surface area contributed by atoms with Gasteiger partial charge in [0.15, 0.2) is 0 Å². The zero-order valence-electron chi connectivity index (χ0n) is 12.0. The first-order chi connectivity index (χ1) is 9.39. The molecule has 0 radical (unpaired) electrons. The number of benzene rings is 1. The number of unbranched alkanes of at least 4 members (excludes halogenated alkanes) is 1. The molecule has 0 atom stereocenters. The highest BCUT2D eigenvalue weighted by Gasteiger charge is 2.10. The van der Waals surface area contributed by atoms with Crippen LogP contribution in [0.4, 0.5) is 0 Å². The van der Waals surface area contributed by atoms with Crippen LogP contribution < -0.4 is 10.0 Å². The van der Waals surface area contributed by atoms with Gasteiger partial charge in [-0.05, 0) is 25.3 Å². The van der Waals surface area contributed by atoms with Gasteiger partial charge in [-0.2, -0.15) is 0 Å². The van der Waals surface area contributed by atoms with E-state index in [1.54, 1.807) is 0 Å². The number of aryl methyl sites for hydroxylation is 1. The maximum atomic E-state index is 11.9. The summed E-state index contributed by atoms with van der Waals surface area (Å²) in [7, 11) is -3.29. The Labute approximate surface area is 120 Å². The first kappa shape index (κ1) is 16.7. The third-order valence-corrected chi connectivity index (χ3v) is 4.10. The minimum atomic E-state index is -3.29. The average Bonchev–Trinajstić information content (AvgIpc) is 2.32. The molecule has 0 unspecified atom stereocenters. The quantitative estimate of drug-likeness (QED) is 0.711. The molecular formula is C14H22N2O3S. The molecule has 0 aliphatic carbocycles. The van der Waals surface area contributed by atoms with Gasteiger partial charge >= 0.3 is 0 Å². The van der Waals surface area contributed by atoms with Crippen molar-refractivity contribution in [2.45, 2.75) is 32.4 Å². The Morgan fingerprint density at radius 1 is 1.20 bits per heavy atom. The number of hydrogen-bond donors (Lipinski definition) is 2. The summed E-state index contributed by atoms with van der Waals surface area (Å²) in [4.78, 5) is 10.6. The van der Waals surface area contributed by atoms with Crippen molar-refractivity contribution in [3.8, 4) is 0 Å². The van der Waals surface area contributed by atoms with E-state index in [2.05, 4.69) is 10.0 Å². The van der Waals surface area contributed by atoms with Crippen LogP contribution in [-0.2, 0) is 20.6 Å². The Bertz CT molecular complexity index is 541. The van der Waals surface area contributed by atoms with Gasteiger partial charge in [0.05, 0.1) is 5.75 Å². The molecule has 0 aliphatic heterocycles. The third-order valence-electron chi connectivity index (χ3n) is 2.74. The van der Waals surface area contributed by atoms with E-state index in [-0.39, 0.29) is 11.7 Å². The molecule has 1 rings (SSSR count). The molecular weight excluding hydrogens is 276 g/mol. The zero-order chi connectivity index (χ0) is 15.0. The van der Waals surface area contributed by atoms with E-state index in [1.807, 2.05) is 31.2 Å². The van der Waals surface area contributed by atoms with Gasteiger partial charge < -0.3 is 5.32 Å². The van der Waals surface area contributed by atoms with Crippen LogP contribution in [0.5, 0.6) is 0 Å². The van der Waals surface area contributed by atoms with Crippen LogP contribution in [0.2, 0.25) is 0 Å². The van der Waals surface area contributed by atoms with Crippen LogP contribution in [0.25, 0.3) is 0 Å². The Morgan fingerprint density at radius 3 is 2.55 bits per heavy atom. The summed E-state index contributed by atoms with van der Waals surface area (Å²) in [5.41, 5.74) is 1.84. The van der Waals surface area contributed by atoms with Crippen molar-refractivity contribution in [1.82, 2.24) is 10.0 Å². The zero-order valence-corrected chi connectivity index (χ0v) is 12.8. The van der Waals surface area contributed by atoms with Gasteiger partial charge in [-0.1, -0.05) is 29.8 Å². The van der Waals surface area contributed by atoms with E-state index < -0.39 is 10.0 Å². The molecule has 6 heteroatoms. The number of hydrogen-bond acceptors (Lipinski definition) is 3. The summed E-state index contributed by atoms with van der Waals surface area (Å²) in [6, 6.07) is 7.47. The van der Waals surface area contributed by atoms with Gasteiger partial charge in [0, 0.05) is 20.0 Å². The van der Waals surface area contributed by atoms with Crippen LogP contribution in [0, 0.1) is 6.92 Å². The van der Waals surface area contributed by atoms with E-state index >= 15 is 0 Å². The van der Waals surface area contributed by atoms with E-state index in [1.165, 1.54) is 6.92 Å². The monoisotopic (exact) mass is 298 g/mol. The maximum absolute atomic E-state index is 11.9. The third kappa shape index (κ3) is 7.25. The molecule has 0 saturated carbocycles. The molecule has 0 heterocycles. The second-order valence-corrected chi connectivity index (χ2v) is 6.64. The average molecular weight is 298 g/mol. The minimum Gasteiger partial charge on any atom is -0.356 e. The summed E-state index contributed by atoms with van der Waals surface area (Å²) in [6.07, 6.45) is 1.46. The molecule has 20 heavy (non-hydrogen) atoms. The molecule has 112 valence electrons. The van der Waals surface area contributed by atoms with Crippen molar-refractivity contribution in [3.05, 3.63) is 35.4 Å². The second-order valence-electron chi connectivity index (χ2n) is 4.83. The normalized spacial score (nSPS) is 11.3. The number of sulfonamides is 1. The summed E-state index contributed by atoms with van der Waals surface area (Å²) >= 11 is 0. The van der Waals surface area contributed by atoms with E-state index in [4.69, 9.17) is 0 Å². The predicted octanol–water partition coefficient (Wildman–Crippen LogP) is 1.33. The Morgan fingerprint density at radius 2 is 1.90 bits per heavy atom. The van der Waals surface area contributed by atoms with Crippen molar-refractivity contribution >= 4 is 15.9 Å². The standard InChI is InChI=1S/C14H22N2O3S/c1-12-6-5-7-14(10-12)11-20(18,19)16-9-4-3-8-15-13(2)17/h5-7,10,16H,3-4,8-9,11H2,1-2H3,(H,15,17). The highest BCUT2D eigenvalue weighted by atomic mass is 32.2. The van der Waals surface area contributed by atoms with Crippen molar-refractivity contribution in [3.63, 3.8) is 0 Å². The number of nitrogens with one attached hydrogen (secondary N) is 2. The molecule has 1 aromatic carbocycles. The number of carbonyl (C=O) groups is 1. The van der Waals surface area contributed by atoms with Crippen LogP contribution in [0.3, 0.4) is 0 Å². The fourth-order valence-electron chi connectivity index (χ4n) is 1.81. The minimum absolute atomic E-state index is 0.000373. The first-order valence-electron chi connectivity index (χ1n) is 6.66. The maximum Gasteiger partial charge on any atom is 0.216 e. The summed E-state index contributed by atoms with van der Waals surface area (Å²) < 4.78 is 26.3. The fraction of sp³-hybridized carbons (Fsp3) is 0.500. The topological polar surface area (TPSA) is 75.3 Å². The molecule has 0 aromatic heterocycles. The Balaban J connectivity index is 2.30. The summed E-state index contributed by atoms with van der Waals surface area (Å²) in [5.74, 6) is -0.0644. The lowest BCUT2D eigenvalue weighted by molar-refractivity contribution is -0.118. The molecule has 5 nitrogen and oxygen atoms in total. The lowest BCUT2D eigenvalue weighted by Crippen LogP contribution is -2.27. The molecule has 1 amide bonds. The van der Waals surface area contributed by atoms with Gasteiger partial charge in [-0.15, -0.1) is 0 Å². The highest BCUT2D eigenvalue weighted by Crippen LogP contribution is 2.07. The van der Waals surface area contributed by atoms with Crippen LogP contribution in [0.1, 0.15) is 30.9 Å². The van der Waals surface area contributed by atoms with Crippen LogP contribution in [-0.4, -0.2) is 27.4 Å². The molecule has 0 saturated heterocycles. The number of carbonyl (C=O) groups excluding carboxylic acids is 1. The molecule has 0 spiro atoms. The van der Waals surface area contributed by atoms with E-state index in [0.717, 1.165) is 17.5 Å². The van der Waals surface area contributed by atoms with Crippen molar-refractivity contribution in [2.24, 2.45) is 0 Å². The Hall–Kier alpha value is -1.40. The highest BCUT2D eigenvalue weighted by molar-refractivity contribution is 7.88. The lowest BCUT2D eigenvalue weighted by Gasteiger charge is -2.07. The van der Waals surface area contributed by atoms with Crippen LogP contribution >= 0.6 is 0 Å². The number of rotatable bonds is 8. The SMILES string of the molecule is CC(=O)NCCCCNS(=O)(=O)Cc1cccc(C)c1. The van der Waals surface area contributed by atoms with Gasteiger partial charge in [0.2, 0.25) is 15.9 Å². The van der Waals surface area contributed by atoms with E-state index in [0.29, 0.717) is 19.5 Å². The van der Waals surface area contributed by atoms with Crippen molar-refractivity contribution in [1.29, 1.82) is 0 Å². The van der Waals surface area contributed by atoms with E-state index in [9.17, 15) is 13.2 Å². The smallest absolute Gasteiger partial charge is 0.216 e. The molecule has 0 fully saturated rings. The fourth-order valence-corrected chi connectivity index (χ4v) is 2.99. The lowest BCUT2D eigenvalue weighted by atomic mass is 10.2. The van der Waals surface area contributed by atoms with Gasteiger partial charge in [0.1, 0.15) is 0 Å². The summed E-state index contributed by atoms with van der Waals surface area (Å²) in [6.45, 7) is 4.37. The second kappa shape index (κ2) is 8.01. The van der Waals surface area contributed by atoms with Crippen molar-refractivity contribution in [2.75, 3.05) is 13.1 Å². The van der Waals surface area contributed by atoms with Gasteiger partial charge in [-0.25, -0.2) is 13.1 Å². The van der Waals surface area contributed by atoms with Crippen LogP contribution in [0.15, 0.2) is 24.3 Å². The molecule has 0 bridgehead atoms. The molecule has 0 aliphatic rings. The number of amides is 1. The Kier molecular flexibility index (Phi) is 6.67. The van der Waals surface area contributed by atoms with Gasteiger partial charge in [-0.3, -0.25) is 4.79 Å².